The van der Waals surface area contributed by atoms with E-state index in [0.29, 0.717) is 12.8 Å². The molecule has 3 atom stereocenters. The Morgan fingerprint density at radius 3 is 0.983 bits per heavy atom. The molecule has 3 unspecified atom stereocenters. The molecule has 342 valence electrons. The van der Waals surface area contributed by atoms with Gasteiger partial charge in [-0.15, -0.1) is 0 Å². The van der Waals surface area contributed by atoms with Crippen LogP contribution in [-0.4, -0.2) is 65.7 Å². The van der Waals surface area contributed by atoms with Gasteiger partial charge < -0.3 is 24.6 Å². The molecule has 0 rings (SSSR count). The Morgan fingerprint density at radius 2 is 0.707 bits per heavy atom. The number of unbranched alkanes of at least 4 members (excludes halogenated alkanes) is 27. The predicted molar refractivity (Wildman–Crippen MR) is 238 cm³/mol. The van der Waals surface area contributed by atoms with E-state index in [1.54, 1.807) is 0 Å². The van der Waals surface area contributed by atoms with Crippen LogP contribution in [0.15, 0.2) is 24.3 Å². The normalized spacial score (nSPS) is 13.9. The first-order valence-electron chi connectivity index (χ1n) is 23.8. The van der Waals surface area contributed by atoms with Gasteiger partial charge in [0.05, 0.1) is 26.4 Å². The highest BCUT2D eigenvalue weighted by atomic mass is 31.2. The van der Waals surface area contributed by atoms with Crippen molar-refractivity contribution in [1.82, 2.24) is 0 Å². The molecule has 0 fully saturated rings. The van der Waals surface area contributed by atoms with Gasteiger partial charge in [-0.2, -0.15) is 0 Å². The van der Waals surface area contributed by atoms with Crippen molar-refractivity contribution in [2.75, 3.05) is 26.4 Å². The fraction of sp³-hybridized carbons (Fsp3) is 0.872. The van der Waals surface area contributed by atoms with E-state index in [0.717, 1.165) is 51.4 Å². The van der Waals surface area contributed by atoms with Gasteiger partial charge in [0.1, 0.15) is 12.2 Å². The van der Waals surface area contributed by atoms with Crippen LogP contribution in [0.5, 0.6) is 0 Å². The minimum Gasteiger partial charge on any atom is -0.457 e. The molecule has 58 heavy (non-hydrogen) atoms. The summed E-state index contributed by atoms with van der Waals surface area (Å²) in [5.41, 5.74) is 0. The number of allylic oxidation sites excluding steroid dienone is 4. The average molecular weight is 845 g/mol. The van der Waals surface area contributed by atoms with Gasteiger partial charge >= 0.3 is 19.8 Å². The lowest BCUT2D eigenvalue weighted by molar-refractivity contribution is -0.153. The maximum absolute atomic E-state index is 12.4. The highest BCUT2D eigenvalue weighted by Gasteiger charge is 2.27. The first kappa shape index (κ1) is 56.5. The highest BCUT2D eigenvalue weighted by molar-refractivity contribution is 7.47. The van der Waals surface area contributed by atoms with Crippen molar-refractivity contribution in [3.05, 3.63) is 24.3 Å². The molecule has 0 aliphatic heterocycles. The summed E-state index contributed by atoms with van der Waals surface area (Å²) >= 11 is 0. The van der Waals surface area contributed by atoms with Crippen LogP contribution >= 0.6 is 7.82 Å². The second-order valence-electron chi connectivity index (χ2n) is 16.1. The lowest BCUT2D eigenvalue weighted by Crippen LogP contribution is -2.28. The summed E-state index contributed by atoms with van der Waals surface area (Å²) in [6, 6.07) is 0. The summed E-state index contributed by atoms with van der Waals surface area (Å²) in [6.07, 6.45) is 44.3. The number of hydrogen-bond acceptors (Lipinski definition) is 9. The second-order valence-corrected chi connectivity index (χ2v) is 17.5. The van der Waals surface area contributed by atoms with E-state index < -0.39 is 58.4 Å². The molecule has 3 N–H and O–H groups in total. The molecule has 10 nitrogen and oxygen atoms in total. The van der Waals surface area contributed by atoms with Gasteiger partial charge in [-0.05, 0) is 64.2 Å². The summed E-state index contributed by atoms with van der Waals surface area (Å²) in [6.45, 7) is 2.22. The number of carbonyl (C=O) groups is 2. The maximum atomic E-state index is 12.4. The van der Waals surface area contributed by atoms with E-state index in [1.165, 1.54) is 135 Å². The number of phosphoric acid groups is 1. The van der Waals surface area contributed by atoms with Crippen LogP contribution in [0.3, 0.4) is 0 Å². The Kier molecular flexibility index (Phi) is 42.4. The van der Waals surface area contributed by atoms with Gasteiger partial charge in [-0.1, -0.05) is 173 Å². The molecule has 0 saturated carbocycles. The van der Waals surface area contributed by atoms with Crippen LogP contribution in [0, 0.1) is 0 Å². The Morgan fingerprint density at radius 1 is 0.448 bits per heavy atom. The summed E-state index contributed by atoms with van der Waals surface area (Å²) in [4.78, 5) is 34.6. The molecule has 0 heterocycles. The standard InChI is InChI=1S/C47H89O10P/c1-3-5-7-9-11-13-15-17-19-21-23-25-27-29-31-33-35-37-39-47(51)57-45(41-49)43-55-58(52,53)54-42-44(40-48)56-46(50)38-36-34-32-30-28-26-24-22-20-18-16-14-12-10-8-6-4-2/h18-21,44-45,48-49H,3-17,22-43H2,1-2H3,(H,52,53)/b20-18-,21-19-. The number of ether oxygens (including phenoxy) is 2. The van der Waals surface area contributed by atoms with Gasteiger partial charge in [-0.25, -0.2) is 4.57 Å². The van der Waals surface area contributed by atoms with Gasteiger partial charge in [0, 0.05) is 12.8 Å². The number of hydrogen-bond donors (Lipinski definition) is 3. The molecule has 0 bridgehead atoms. The number of aliphatic hydroxyl groups excluding tert-OH is 2. The van der Waals surface area contributed by atoms with Crippen LogP contribution in [0.25, 0.3) is 0 Å². The molecule has 0 aliphatic rings. The topological polar surface area (TPSA) is 149 Å². The number of aliphatic hydroxyl groups is 2. The van der Waals surface area contributed by atoms with Crippen molar-refractivity contribution in [3.8, 4) is 0 Å². The van der Waals surface area contributed by atoms with Crippen LogP contribution in [0.4, 0.5) is 0 Å². The van der Waals surface area contributed by atoms with Crippen LogP contribution in [0.1, 0.15) is 226 Å². The van der Waals surface area contributed by atoms with Gasteiger partial charge in [0.2, 0.25) is 0 Å². The third kappa shape index (κ3) is 41.2. The van der Waals surface area contributed by atoms with Gasteiger partial charge in [-0.3, -0.25) is 18.6 Å². The SMILES string of the molecule is CCCCCCCC/C=C\CCCCCCCCCC(=O)OC(CO)COP(=O)(O)OCC(CO)OC(=O)CCCCCCCCC/C=C\CCCCCCCCC. The lowest BCUT2D eigenvalue weighted by atomic mass is 10.1. The third-order valence-corrected chi connectivity index (χ3v) is 11.3. The van der Waals surface area contributed by atoms with Crippen LogP contribution in [-0.2, 0) is 32.7 Å². The fourth-order valence-electron chi connectivity index (χ4n) is 6.69. The zero-order valence-corrected chi connectivity index (χ0v) is 38.2. The summed E-state index contributed by atoms with van der Waals surface area (Å²) in [5.74, 6) is -1.02. The Balaban J connectivity index is 3.88. The first-order chi connectivity index (χ1) is 28.3. The zero-order valence-electron chi connectivity index (χ0n) is 37.3. The number of carbonyl (C=O) groups excluding carboxylic acids is 2. The molecule has 0 spiro atoms. The molecule has 0 aromatic heterocycles. The van der Waals surface area contributed by atoms with E-state index in [4.69, 9.17) is 18.5 Å². The number of phosphoric ester groups is 1. The summed E-state index contributed by atoms with van der Waals surface area (Å²) in [7, 11) is -4.64. The van der Waals surface area contributed by atoms with E-state index in [1.807, 2.05) is 0 Å². The van der Waals surface area contributed by atoms with Crippen LogP contribution < -0.4 is 0 Å². The molecule has 11 heteroatoms. The largest absolute Gasteiger partial charge is 0.472 e. The quantitative estimate of drug-likeness (QED) is 0.0234. The minimum atomic E-state index is -4.64. The van der Waals surface area contributed by atoms with Crippen molar-refractivity contribution in [2.45, 2.75) is 238 Å². The van der Waals surface area contributed by atoms with Crippen molar-refractivity contribution in [2.24, 2.45) is 0 Å². The molecule has 0 aromatic carbocycles. The molecular weight excluding hydrogens is 755 g/mol. The third-order valence-electron chi connectivity index (χ3n) is 10.4. The average Bonchev–Trinajstić information content (AvgIpc) is 3.21. The highest BCUT2D eigenvalue weighted by Crippen LogP contribution is 2.43. The molecule has 0 amide bonds. The van der Waals surface area contributed by atoms with Crippen molar-refractivity contribution in [3.63, 3.8) is 0 Å². The van der Waals surface area contributed by atoms with Crippen molar-refractivity contribution < 1.29 is 47.8 Å². The maximum Gasteiger partial charge on any atom is 0.472 e. The monoisotopic (exact) mass is 845 g/mol. The smallest absolute Gasteiger partial charge is 0.457 e. The summed E-state index contributed by atoms with van der Waals surface area (Å²) < 4.78 is 32.6. The molecule has 0 aliphatic carbocycles. The molecule has 0 radical (unpaired) electrons. The first-order valence-corrected chi connectivity index (χ1v) is 25.3. The van der Waals surface area contributed by atoms with Crippen LogP contribution in [0.2, 0.25) is 0 Å². The van der Waals surface area contributed by atoms with Crippen molar-refractivity contribution in [1.29, 1.82) is 0 Å². The van der Waals surface area contributed by atoms with Gasteiger partial charge in [0.15, 0.2) is 0 Å². The zero-order chi connectivity index (χ0) is 42.6. The minimum absolute atomic E-state index is 0.189. The second kappa shape index (κ2) is 43.5. The lowest BCUT2D eigenvalue weighted by Gasteiger charge is -2.20. The fourth-order valence-corrected chi connectivity index (χ4v) is 7.48. The number of esters is 2. The van der Waals surface area contributed by atoms with E-state index in [2.05, 4.69) is 38.2 Å². The molecular formula is C47H89O10P. The van der Waals surface area contributed by atoms with Gasteiger partial charge in [0.25, 0.3) is 0 Å². The Labute approximate surface area is 355 Å². The Hall–Kier alpha value is -1.55. The number of rotatable bonds is 45. The summed E-state index contributed by atoms with van der Waals surface area (Å²) in [5, 5.41) is 19.2. The van der Waals surface area contributed by atoms with E-state index in [9.17, 15) is 29.3 Å². The van der Waals surface area contributed by atoms with E-state index >= 15 is 0 Å². The molecule has 0 saturated heterocycles. The Bertz CT molecular complexity index is 1020. The predicted octanol–water partition coefficient (Wildman–Crippen LogP) is 13.0. The van der Waals surface area contributed by atoms with E-state index in [-0.39, 0.29) is 12.8 Å². The van der Waals surface area contributed by atoms with Crippen molar-refractivity contribution >= 4 is 19.8 Å². The molecule has 0 aromatic rings.